The Bertz CT molecular complexity index is 1060. The van der Waals surface area contributed by atoms with E-state index in [1.54, 1.807) is 0 Å². The van der Waals surface area contributed by atoms with Crippen molar-refractivity contribution in [2.45, 2.75) is 58.3 Å². The van der Waals surface area contributed by atoms with E-state index < -0.39 is 0 Å². The first-order chi connectivity index (χ1) is 21.7. The summed E-state index contributed by atoms with van der Waals surface area (Å²) >= 11 is 1.89. The largest absolute Gasteiger partial charge is 0.372 e. The molecule has 9 nitrogen and oxygen atoms in total. The maximum atomic E-state index is 8.58. The van der Waals surface area contributed by atoms with Crippen LogP contribution in [0.15, 0.2) is 60.7 Å². The zero-order valence-corrected chi connectivity index (χ0v) is 28.3. The lowest BCUT2D eigenvalue weighted by atomic mass is 9.92. The quantitative estimate of drug-likeness (QED) is 0.187. The first kappa shape index (κ1) is 45.2. The summed E-state index contributed by atoms with van der Waals surface area (Å²) in [6.07, 6.45) is 14.9. The maximum absolute atomic E-state index is 8.58. The second kappa shape index (κ2) is 34.2. The molecule has 1 saturated heterocycles. The summed E-state index contributed by atoms with van der Waals surface area (Å²) in [5.74, 6) is 0.665. The van der Waals surface area contributed by atoms with Crippen molar-refractivity contribution in [1.29, 1.82) is 0 Å². The summed E-state index contributed by atoms with van der Waals surface area (Å²) in [4.78, 5) is 32.1. The van der Waals surface area contributed by atoms with Gasteiger partial charge < -0.3 is 32.5 Å². The number of aromatic nitrogens is 1. The van der Waals surface area contributed by atoms with Crippen LogP contribution in [0.3, 0.4) is 0 Å². The minimum atomic E-state index is 0.250. The molecule has 3 aromatic rings. The predicted molar refractivity (Wildman–Crippen MR) is 190 cm³/mol. The molecule has 4 rings (SSSR count). The number of hydrogen-bond donors (Lipinski definition) is 4. The first-order valence-electron chi connectivity index (χ1n) is 15.0. The summed E-state index contributed by atoms with van der Waals surface area (Å²) in [6.45, 7) is 9.88. The van der Waals surface area contributed by atoms with Crippen LogP contribution in [0.2, 0.25) is 0 Å². The normalized spacial score (nSPS) is 12.3. The standard InChI is InChI=1S/C28H36N2S.CH3NO.3CH5N.2CH2O/c1-2-23-14-16-26-27(22-23)31-28(29-26)17-15-25(21-24-11-5-3-6-12-24)13-7-10-20-30-18-8-4-9-19-30;2-1-3;5*1-2/h3,5-7,10-12,14,16,22,25H,2,4,8-9,13,15,17-21H2,1H3;1H,(H2,2,3);3*2H2,1H3;2*1H2/b10-7+;;;;;;. The Hall–Kier alpha value is -3.28. The minimum absolute atomic E-state index is 0.250. The monoisotopic (exact) mass is 630 g/mol. The third-order valence-electron chi connectivity index (χ3n) is 6.49. The van der Waals surface area contributed by atoms with Gasteiger partial charge in [0.2, 0.25) is 6.41 Å². The van der Waals surface area contributed by atoms with E-state index in [0.717, 1.165) is 32.2 Å². The second-order valence-electron chi connectivity index (χ2n) is 9.06. The van der Waals surface area contributed by atoms with Gasteiger partial charge in [-0.3, -0.25) is 9.69 Å². The van der Waals surface area contributed by atoms with Crippen molar-refractivity contribution in [3.63, 3.8) is 0 Å². The molecule has 44 heavy (non-hydrogen) atoms. The fourth-order valence-electron chi connectivity index (χ4n) is 4.58. The molecule has 0 aliphatic carbocycles. The van der Waals surface area contributed by atoms with E-state index in [-0.39, 0.29) is 6.41 Å². The van der Waals surface area contributed by atoms with Gasteiger partial charge in [-0.25, -0.2) is 4.98 Å². The molecule has 0 spiro atoms. The number of likely N-dealkylation sites (tertiary alicyclic amines) is 1. The van der Waals surface area contributed by atoms with Crippen LogP contribution < -0.4 is 22.9 Å². The average Bonchev–Trinajstić information content (AvgIpc) is 3.53. The summed E-state index contributed by atoms with van der Waals surface area (Å²) < 4.78 is 1.34. The van der Waals surface area contributed by atoms with E-state index >= 15 is 0 Å². The third-order valence-corrected chi connectivity index (χ3v) is 7.57. The second-order valence-corrected chi connectivity index (χ2v) is 10.2. The van der Waals surface area contributed by atoms with Gasteiger partial charge in [-0.1, -0.05) is 61.9 Å². The highest BCUT2D eigenvalue weighted by Crippen LogP contribution is 2.27. The molecule has 10 heteroatoms. The highest BCUT2D eigenvalue weighted by Gasteiger charge is 2.12. The Morgan fingerprint density at radius 2 is 1.48 bits per heavy atom. The van der Waals surface area contributed by atoms with Crippen LogP contribution in [-0.4, -0.2) is 70.6 Å². The SMILES string of the molecule is C=O.C=O.CCc1ccc2nc(CCC(C/C=C/CN3CCCCC3)Cc3ccccc3)sc2c1.CN.CN.CN.NC=O. The van der Waals surface area contributed by atoms with Crippen LogP contribution in [0.4, 0.5) is 0 Å². The fraction of sp³-hybridized carbons (Fsp3) is 0.471. The number of nitrogens with zero attached hydrogens (tertiary/aromatic N) is 2. The van der Waals surface area contributed by atoms with Crippen molar-refractivity contribution >= 4 is 41.5 Å². The molecule has 1 aliphatic heterocycles. The number of thiazole rings is 1. The number of nitrogens with two attached hydrogens (primary N) is 4. The van der Waals surface area contributed by atoms with Crippen molar-refractivity contribution in [3.05, 3.63) is 76.8 Å². The molecule has 1 aliphatic rings. The zero-order chi connectivity index (χ0) is 34.0. The number of primary amides is 1. The van der Waals surface area contributed by atoms with Crippen molar-refractivity contribution in [2.75, 3.05) is 40.8 Å². The van der Waals surface area contributed by atoms with Crippen LogP contribution in [0, 0.1) is 5.92 Å². The molecule has 1 atom stereocenters. The zero-order valence-electron chi connectivity index (χ0n) is 27.5. The molecule has 1 amide bonds. The van der Waals surface area contributed by atoms with E-state index in [0.29, 0.717) is 5.92 Å². The lowest BCUT2D eigenvalue weighted by molar-refractivity contribution is -0.107. The lowest BCUT2D eigenvalue weighted by Gasteiger charge is -2.24. The Balaban J connectivity index is -0.00000114. The van der Waals surface area contributed by atoms with E-state index in [1.165, 1.54) is 86.3 Å². The summed E-state index contributed by atoms with van der Waals surface area (Å²) in [6, 6.07) is 17.7. The number of allylic oxidation sites excluding steroid dienone is 1. The molecule has 8 N–H and O–H groups in total. The summed E-state index contributed by atoms with van der Waals surface area (Å²) in [5.41, 5.74) is 21.7. The number of carbonyl (C=O) groups excluding carboxylic acids is 3. The molecule has 0 radical (unpaired) electrons. The van der Waals surface area contributed by atoms with Crippen LogP contribution in [-0.2, 0) is 33.6 Å². The van der Waals surface area contributed by atoms with Crippen molar-refractivity contribution in [3.8, 4) is 0 Å². The van der Waals surface area contributed by atoms with Gasteiger partial charge in [-0.15, -0.1) is 11.3 Å². The number of aryl methyl sites for hydroxylation is 2. The topological polar surface area (TPSA) is 171 Å². The van der Waals surface area contributed by atoms with Crippen LogP contribution >= 0.6 is 11.3 Å². The van der Waals surface area contributed by atoms with Crippen molar-refractivity contribution < 1.29 is 14.4 Å². The maximum Gasteiger partial charge on any atom is 0.204 e. The van der Waals surface area contributed by atoms with Crippen LogP contribution in [0.5, 0.6) is 0 Å². The predicted octanol–water partition coefficient (Wildman–Crippen LogP) is 4.54. The summed E-state index contributed by atoms with van der Waals surface area (Å²) in [5, 5.41) is 1.29. The number of piperidine rings is 1. The molecule has 1 unspecified atom stereocenters. The Labute approximate surface area is 270 Å². The highest BCUT2D eigenvalue weighted by molar-refractivity contribution is 7.18. The first-order valence-corrected chi connectivity index (χ1v) is 15.8. The third kappa shape index (κ3) is 20.6. The molecule has 0 saturated carbocycles. The number of benzene rings is 2. The van der Waals surface area contributed by atoms with Crippen molar-refractivity contribution in [1.82, 2.24) is 9.88 Å². The van der Waals surface area contributed by atoms with E-state index in [4.69, 9.17) is 19.4 Å². The average molecular weight is 631 g/mol. The molecular formula is C34H58N6O3S. The van der Waals surface area contributed by atoms with Crippen molar-refractivity contribution in [2.24, 2.45) is 28.9 Å². The molecule has 248 valence electrons. The minimum Gasteiger partial charge on any atom is -0.372 e. The molecule has 2 heterocycles. The number of hydrogen-bond acceptors (Lipinski definition) is 9. The number of fused-ring (bicyclic) bond motifs is 1. The van der Waals surface area contributed by atoms with Gasteiger partial charge in [0.05, 0.1) is 15.2 Å². The Kier molecular flexibility index (Phi) is 35.1. The van der Waals surface area contributed by atoms with Gasteiger partial charge in [-0.2, -0.15) is 0 Å². The Morgan fingerprint density at radius 3 is 2.05 bits per heavy atom. The number of carbonyl (C=O) groups is 3. The molecule has 2 aromatic carbocycles. The van der Waals surface area contributed by atoms with Gasteiger partial charge in [-0.05, 0) is 108 Å². The number of rotatable bonds is 10. The van der Waals surface area contributed by atoms with E-state index in [2.05, 4.69) is 95.4 Å². The van der Waals surface area contributed by atoms with Crippen LogP contribution in [0.25, 0.3) is 10.2 Å². The lowest BCUT2D eigenvalue weighted by Crippen LogP contribution is -2.29. The van der Waals surface area contributed by atoms with E-state index in [1.807, 2.05) is 24.9 Å². The number of amides is 1. The molecule has 0 bridgehead atoms. The molecular weight excluding hydrogens is 572 g/mol. The van der Waals surface area contributed by atoms with Gasteiger partial charge in [0, 0.05) is 6.54 Å². The molecule has 1 fully saturated rings. The fourth-order valence-corrected chi connectivity index (χ4v) is 5.62. The van der Waals surface area contributed by atoms with Crippen LogP contribution in [0.1, 0.15) is 55.2 Å². The van der Waals surface area contributed by atoms with Gasteiger partial charge >= 0.3 is 0 Å². The smallest absolute Gasteiger partial charge is 0.204 e. The highest BCUT2D eigenvalue weighted by atomic mass is 32.1. The van der Waals surface area contributed by atoms with E-state index in [9.17, 15) is 0 Å². The van der Waals surface area contributed by atoms with Gasteiger partial charge in [0.15, 0.2) is 0 Å². The molecule has 1 aromatic heterocycles. The summed E-state index contributed by atoms with van der Waals surface area (Å²) in [7, 11) is 4.50. The van der Waals surface area contributed by atoms with Gasteiger partial charge in [0.1, 0.15) is 13.6 Å². The van der Waals surface area contributed by atoms with Gasteiger partial charge in [0.25, 0.3) is 0 Å². The Morgan fingerprint density at radius 1 is 0.886 bits per heavy atom.